The van der Waals surface area contributed by atoms with Crippen molar-refractivity contribution in [2.24, 2.45) is 0 Å². The Kier molecular flexibility index (Phi) is 7.74. The molecule has 0 saturated carbocycles. The number of nitrogens with zero attached hydrogens (tertiary/aromatic N) is 2. The van der Waals surface area contributed by atoms with Crippen LogP contribution >= 0.6 is 0 Å². The first-order chi connectivity index (χ1) is 15.7. The van der Waals surface area contributed by atoms with Crippen LogP contribution in [-0.4, -0.2) is 25.8 Å². The molecule has 176 valence electrons. The highest BCUT2D eigenvalue weighted by Crippen LogP contribution is 2.20. The molecule has 0 aliphatic rings. The predicted molar refractivity (Wildman–Crippen MR) is 125 cm³/mol. The van der Waals surface area contributed by atoms with Crippen molar-refractivity contribution < 1.29 is 19.0 Å². The summed E-state index contributed by atoms with van der Waals surface area (Å²) >= 11 is 0. The van der Waals surface area contributed by atoms with E-state index in [0.717, 1.165) is 42.5 Å². The quantitative estimate of drug-likeness (QED) is 0.457. The number of hydrogen-bond donors (Lipinski definition) is 1. The zero-order valence-corrected chi connectivity index (χ0v) is 19.4. The highest BCUT2D eigenvalue weighted by atomic mass is 19.1. The second kappa shape index (κ2) is 10.5. The Morgan fingerprint density at radius 3 is 2.27 bits per heavy atom. The van der Waals surface area contributed by atoms with Gasteiger partial charge in [0.1, 0.15) is 11.6 Å². The van der Waals surface area contributed by atoms with Crippen LogP contribution in [0.5, 0.6) is 5.75 Å². The summed E-state index contributed by atoms with van der Waals surface area (Å²) < 4.78 is 22.2. The summed E-state index contributed by atoms with van der Waals surface area (Å²) in [6.45, 7) is 6.15. The van der Waals surface area contributed by atoms with E-state index in [1.54, 1.807) is 28.8 Å². The third-order valence-corrected chi connectivity index (χ3v) is 5.55. The first-order valence-corrected chi connectivity index (χ1v) is 11.2. The maximum absolute atomic E-state index is 13.2. The monoisotopic (exact) mass is 454 g/mol. The Morgan fingerprint density at radius 2 is 1.67 bits per heavy atom. The summed E-state index contributed by atoms with van der Waals surface area (Å²) in [5, 5.41) is 9.19. The molecule has 0 radical (unpaired) electrons. The number of halogens is 1. The van der Waals surface area contributed by atoms with Gasteiger partial charge < -0.3 is 9.84 Å². The number of benzene rings is 2. The highest BCUT2D eigenvalue weighted by Gasteiger charge is 2.29. The number of hydrogen-bond acceptors (Lipinski definition) is 3. The second-order valence-corrected chi connectivity index (χ2v) is 8.72. The van der Waals surface area contributed by atoms with Crippen LogP contribution in [0.15, 0.2) is 59.5 Å². The van der Waals surface area contributed by atoms with Gasteiger partial charge in [0.2, 0.25) is 0 Å². The van der Waals surface area contributed by atoms with Gasteiger partial charge in [0, 0.05) is 18.4 Å². The lowest BCUT2D eigenvalue weighted by Gasteiger charge is -2.21. The molecule has 0 aliphatic carbocycles. The summed E-state index contributed by atoms with van der Waals surface area (Å²) in [5.74, 6) is -0.794. The van der Waals surface area contributed by atoms with Gasteiger partial charge in [0.25, 0.3) is 0 Å². The fraction of sp³-hybridized carbons (Fsp3) is 0.385. The third-order valence-electron chi connectivity index (χ3n) is 5.55. The van der Waals surface area contributed by atoms with Gasteiger partial charge >= 0.3 is 11.7 Å². The zero-order valence-electron chi connectivity index (χ0n) is 19.4. The fourth-order valence-electron chi connectivity index (χ4n) is 3.68. The van der Waals surface area contributed by atoms with Gasteiger partial charge in [-0.3, -0.25) is 9.13 Å². The second-order valence-electron chi connectivity index (χ2n) is 8.72. The van der Waals surface area contributed by atoms with Crippen LogP contribution < -0.4 is 10.4 Å². The summed E-state index contributed by atoms with van der Waals surface area (Å²) in [4.78, 5) is 24.1. The molecule has 7 heteroatoms. The Bertz CT molecular complexity index is 1130. The van der Waals surface area contributed by atoms with Crippen LogP contribution in [0, 0.1) is 5.82 Å². The Morgan fingerprint density at radius 1 is 1.03 bits per heavy atom. The molecule has 0 spiro atoms. The lowest BCUT2D eigenvalue weighted by Crippen LogP contribution is -2.37. The SMILES string of the molecule is CCCn1c(CCCc2ccc(OC(C)(C)C(=O)O)cc2)cn(Cc2ccc(F)cc2)c1=O. The van der Waals surface area contributed by atoms with Crippen molar-refractivity contribution >= 4 is 5.97 Å². The number of aliphatic carboxylic acids is 1. The number of aryl methyl sites for hydroxylation is 2. The number of rotatable bonds is 11. The number of carboxylic acids is 1. The van der Waals surface area contributed by atoms with Crippen molar-refractivity contribution in [3.63, 3.8) is 0 Å². The van der Waals surface area contributed by atoms with Crippen molar-refractivity contribution in [3.05, 3.63) is 87.9 Å². The summed E-state index contributed by atoms with van der Waals surface area (Å²) in [6, 6.07) is 13.6. The van der Waals surface area contributed by atoms with Crippen molar-refractivity contribution in [2.45, 2.75) is 65.1 Å². The maximum Gasteiger partial charge on any atom is 0.347 e. The van der Waals surface area contributed by atoms with Gasteiger partial charge in [0.15, 0.2) is 5.60 Å². The van der Waals surface area contributed by atoms with Crippen LogP contribution in [-0.2, 0) is 30.7 Å². The molecule has 3 aromatic rings. The molecule has 6 nitrogen and oxygen atoms in total. The maximum atomic E-state index is 13.2. The van der Waals surface area contributed by atoms with E-state index >= 15 is 0 Å². The minimum Gasteiger partial charge on any atom is -0.478 e. The van der Waals surface area contributed by atoms with Crippen LogP contribution in [0.3, 0.4) is 0 Å². The van der Waals surface area contributed by atoms with Gasteiger partial charge in [-0.1, -0.05) is 31.2 Å². The smallest absolute Gasteiger partial charge is 0.347 e. The molecule has 3 rings (SSSR count). The summed E-state index contributed by atoms with van der Waals surface area (Å²) in [7, 11) is 0. The number of aromatic nitrogens is 2. The van der Waals surface area contributed by atoms with Crippen molar-refractivity contribution in [1.29, 1.82) is 0 Å². The molecule has 33 heavy (non-hydrogen) atoms. The molecular weight excluding hydrogens is 423 g/mol. The molecule has 1 aromatic heterocycles. The third kappa shape index (κ3) is 6.34. The normalized spacial score (nSPS) is 11.5. The zero-order chi connectivity index (χ0) is 24.0. The predicted octanol–water partition coefficient (Wildman–Crippen LogP) is 4.66. The Balaban J connectivity index is 1.64. The number of imidazole rings is 1. The summed E-state index contributed by atoms with van der Waals surface area (Å²) in [5.41, 5.74) is 1.66. The largest absolute Gasteiger partial charge is 0.478 e. The van der Waals surface area contributed by atoms with Crippen LogP contribution in [0.4, 0.5) is 4.39 Å². The minimum atomic E-state index is -1.29. The lowest BCUT2D eigenvalue weighted by atomic mass is 10.1. The average molecular weight is 455 g/mol. The minimum absolute atomic E-state index is 0.0429. The van der Waals surface area contributed by atoms with Crippen LogP contribution in [0.25, 0.3) is 0 Å². The van der Waals surface area contributed by atoms with E-state index in [2.05, 4.69) is 0 Å². The molecule has 0 fully saturated rings. The van der Waals surface area contributed by atoms with E-state index in [1.165, 1.54) is 26.0 Å². The van der Waals surface area contributed by atoms with E-state index in [0.29, 0.717) is 18.8 Å². The molecule has 0 atom stereocenters. The Hall–Kier alpha value is -3.35. The molecule has 2 aromatic carbocycles. The van der Waals surface area contributed by atoms with Gasteiger partial charge in [-0.2, -0.15) is 0 Å². The van der Waals surface area contributed by atoms with Gasteiger partial charge in [-0.15, -0.1) is 0 Å². The van der Waals surface area contributed by atoms with Gasteiger partial charge in [0.05, 0.1) is 6.54 Å². The van der Waals surface area contributed by atoms with E-state index in [1.807, 2.05) is 29.8 Å². The van der Waals surface area contributed by atoms with Crippen molar-refractivity contribution in [1.82, 2.24) is 9.13 Å². The van der Waals surface area contributed by atoms with E-state index < -0.39 is 11.6 Å². The van der Waals surface area contributed by atoms with Crippen LogP contribution in [0.2, 0.25) is 0 Å². The average Bonchev–Trinajstić information content (AvgIpc) is 3.05. The molecule has 0 bridgehead atoms. The molecule has 1 heterocycles. The van der Waals surface area contributed by atoms with E-state index in [9.17, 15) is 19.1 Å². The molecule has 0 aliphatic heterocycles. The number of carbonyl (C=O) groups is 1. The van der Waals surface area contributed by atoms with E-state index in [4.69, 9.17) is 4.74 Å². The number of carboxylic acid groups (broad SMARTS) is 1. The first-order valence-electron chi connectivity index (χ1n) is 11.2. The molecule has 0 amide bonds. The molecule has 0 saturated heterocycles. The topological polar surface area (TPSA) is 73.5 Å². The fourth-order valence-corrected chi connectivity index (χ4v) is 3.68. The molecular formula is C26H31FN2O4. The Labute approximate surface area is 193 Å². The standard InChI is InChI=1S/C26H31FN2O4/c1-4-16-29-22(18-28(25(29)32)17-20-8-12-21(27)13-9-20)7-5-6-19-10-14-23(15-11-19)33-26(2,3)24(30)31/h8-15,18H,4-7,16-17H2,1-3H3,(H,30,31). The van der Waals surface area contributed by atoms with Crippen molar-refractivity contribution in [3.8, 4) is 5.75 Å². The highest BCUT2D eigenvalue weighted by molar-refractivity contribution is 5.76. The van der Waals surface area contributed by atoms with E-state index in [-0.39, 0.29) is 11.5 Å². The lowest BCUT2D eigenvalue weighted by molar-refractivity contribution is -0.152. The van der Waals surface area contributed by atoms with Crippen LogP contribution in [0.1, 0.15) is 50.4 Å². The first kappa shape index (κ1) is 24.3. The van der Waals surface area contributed by atoms with Crippen molar-refractivity contribution in [2.75, 3.05) is 0 Å². The summed E-state index contributed by atoms with van der Waals surface area (Å²) in [6.07, 6.45) is 5.22. The molecule has 0 unspecified atom stereocenters. The van der Waals surface area contributed by atoms with Gasteiger partial charge in [-0.25, -0.2) is 14.0 Å². The molecule has 1 N–H and O–H groups in total. The van der Waals surface area contributed by atoms with Gasteiger partial charge in [-0.05, 0) is 74.9 Å². The number of ether oxygens (including phenoxy) is 1.